The van der Waals surface area contributed by atoms with Crippen LogP contribution in [0.1, 0.15) is 43.7 Å². The first-order valence-corrected chi connectivity index (χ1v) is 14.1. The maximum Gasteiger partial charge on any atom is 0.423 e. The fraction of sp³-hybridized carbons (Fsp3) is 0.419. The Balaban J connectivity index is 1.27. The lowest BCUT2D eigenvalue weighted by atomic mass is 9.92. The second-order valence-corrected chi connectivity index (χ2v) is 10.6. The van der Waals surface area contributed by atoms with Gasteiger partial charge in [0.25, 0.3) is 5.69 Å². The summed E-state index contributed by atoms with van der Waals surface area (Å²) in [6, 6.07) is 9.56. The molecular formula is C31H36F4N4O3. The van der Waals surface area contributed by atoms with E-state index in [1.54, 1.807) is 0 Å². The van der Waals surface area contributed by atoms with Crippen LogP contribution in [0.3, 0.4) is 0 Å². The molecule has 1 saturated heterocycles. The van der Waals surface area contributed by atoms with Crippen LogP contribution in [0.4, 0.5) is 28.9 Å². The fourth-order valence-electron chi connectivity index (χ4n) is 5.39. The van der Waals surface area contributed by atoms with Crippen molar-refractivity contribution in [2.45, 2.75) is 57.5 Å². The van der Waals surface area contributed by atoms with Gasteiger partial charge in [0.1, 0.15) is 17.1 Å². The Labute approximate surface area is 243 Å². The Morgan fingerprint density at radius 2 is 1.76 bits per heavy atom. The second-order valence-electron chi connectivity index (χ2n) is 10.6. The van der Waals surface area contributed by atoms with Crippen LogP contribution < -0.4 is 5.32 Å². The number of piperazine rings is 1. The van der Waals surface area contributed by atoms with Crippen molar-refractivity contribution in [3.63, 3.8) is 0 Å². The SMILES string of the molecule is C=C/C(=C\C(=C/C)OC1CCC(Nc2ccc([N+](=O)[O-])c(C(F)(F)F)c2)CC1)N1CCN(Cc2ccc(F)cc2)CC1. The van der Waals surface area contributed by atoms with Crippen molar-refractivity contribution in [3.05, 3.63) is 106 Å². The largest absolute Gasteiger partial charge is 0.491 e. The van der Waals surface area contributed by atoms with E-state index in [-0.39, 0.29) is 23.7 Å². The van der Waals surface area contributed by atoms with Crippen LogP contribution in [0.15, 0.2) is 78.7 Å². The summed E-state index contributed by atoms with van der Waals surface area (Å²) >= 11 is 0. The number of hydrogen-bond acceptors (Lipinski definition) is 6. The number of nitro benzene ring substituents is 1. The lowest BCUT2D eigenvalue weighted by Crippen LogP contribution is -2.45. The molecule has 0 atom stereocenters. The summed E-state index contributed by atoms with van der Waals surface area (Å²) in [5.41, 5.74) is 0.0492. The van der Waals surface area contributed by atoms with Crippen LogP contribution in [0.2, 0.25) is 0 Å². The molecule has 2 aliphatic rings. The van der Waals surface area contributed by atoms with Gasteiger partial charge in [-0.05, 0) is 74.6 Å². The minimum atomic E-state index is -4.82. The predicted molar refractivity (Wildman–Crippen MR) is 154 cm³/mol. The topological polar surface area (TPSA) is 70.9 Å². The van der Waals surface area contributed by atoms with Crippen LogP contribution in [0.5, 0.6) is 0 Å². The number of nitrogens with one attached hydrogen (secondary N) is 1. The molecule has 1 aliphatic heterocycles. The maximum atomic E-state index is 13.3. The highest BCUT2D eigenvalue weighted by Crippen LogP contribution is 2.38. The molecule has 0 bridgehead atoms. The number of anilines is 1. The van der Waals surface area contributed by atoms with Crippen molar-refractivity contribution in [1.29, 1.82) is 0 Å². The van der Waals surface area contributed by atoms with E-state index >= 15 is 0 Å². The van der Waals surface area contributed by atoms with Gasteiger partial charge in [-0.1, -0.05) is 18.7 Å². The number of benzene rings is 2. The molecule has 0 amide bonds. The highest BCUT2D eigenvalue weighted by atomic mass is 19.4. The molecule has 0 aromatic heterocycles. The normalized spacial score (nSPS) is 20.7. The fourth-order valence-corrected chi connectivity index (χ4v) is 5.39. The molecule has 0 unspecified atom stereocenters. The number of nitrogens with zero attached hydrogens (tertiary/aromatic N) is 3. The van der Waals surface area contributed by atoms with Crippen molar-refractivity contribution in [1.82, 2.24) is 9.80 Å². The third kappa shape index (κ3) is 8.34. The molecule has 7 nitrogen and oxygen atoms in total. The first-order chi connectivity index (χ1) is 20.0. The number of halogens is 4. The number of allylic oxidation sites excluding steroid dienone is 3. The molecular weight excluding hydrogens is 552 g/mol. The Bertz CT molecular complexity index is 1290. The molecule has 226 valence electrons. The second kappa shape index (κ2) is 13.9. The molecule has 11 heteroatoms. The zero-order chi connectivity index (χ0) is 30.3. The smallest absolute Gasteiger partial charge is 0.423 e. The van der Waals surface area contributed by atoms with E-state index < -0.39 is 22.4 Å². The van der Waals surface area contributed by atoms with Crippen LogP contribution in [0.25, 0.3) is 0 Å². The summed E-state index contributed by atoms with van der Waals surface area (Å²) in [7, 11) is 0. The molecule has 2 aromatic carbocycles. The van der Waals surface area contributed by atoms with E-state index in [2.05, 4.69) is 21.7 Å². The monoisotopic (exact) mass is 588 g/mol. The molecule has 4 rings (SSSR count). The quantitative estimate of drug-likeness (QED) is 0.103. The van der Waals surface area contributed by atoms with E-state index in [9.17, 15) is 27.7 Å². The molecule has 2 fully saturated rings. The van der Waals surface area contributed by atoms with Crippen LogP contribution in [-0.2, 0) is 17.5 Å². The van der Waals surface area contributed by atoms with Crippen molar-refractivity contribution < 1.29 is 27.2 Å². The van der Waals surface area contributed by atoms with Gasteiger partial charge in [-0.3, -0.25) is 15.0 Å². The lowest BCUT2D eigenvalue weighted by molar-refractivity contribution is -0.388. The number of hydrogen-bond donors (Lipinski definition) is 1. The van der Waals surface area contributed by atoms with Gasteiger partial charge in [0, 0.05) is 62.3 Å². The number of alkyl halides is 3. The minimum Gasteiger partial charge on any atom is -0.491 e. The molecule has 0 spiro atoms. The zero-order valence-corrected chi connectivity index (χ0v) is 23.6. The van der Waals surface area contributed by atoms with Crippen LogP contribution in [0, 0.1) is 15.9 Å². The van der Waals surface area contributed by atoms with E-state index in [4.69, 9.17) is 4.74 Å². The summed E-state index contributed by atoms with van der Waals surface area (Å²) < 4.78 is 59.5. The first-order valence-electron chi connectivity index (χ1n) is 14.1. The average molecular weight is 589 g/mol. The van der Waals surface area contributed by atoms with E-state index in [1.807, 2.05) is 37.3 Å². The lowest BCUT2D eigenvalue weighted by Gasteiger charge is -2.37. The van der Waals surface area contributed by atoms with Gasteiger partial charge in [0.2, 0.25) is 0 Å². The maximum absolute atomic E-state index is 13.3. The highest BCUT2D eigenvalue weighted by molar-refractivity contribution is 5.55. The summed E-state index contributed by atoms with van der Waals surface area (Å²) in [5.74, 6) is 0.501. The molecule has 42 heavy (non-hydrogen) atoms. The summed E-state index contributed by atoms with van der Waals surface area (Å²) in [6.07, 6.45) is 3.68. The summed E-state index contributed by atoms with van der Waals surface area (Å²) in [4.78, 5) is 14.6. The Kier molecular flexibility index (Phi) is 10.3. The summed E-state index contributed by atoms with van der Waals surface area (Å²) in [6.45, 7) is 10.1. The number of rotatable bonds is 10. The van der Waals surface area contributed by atoms with Crippen molar-refractivity contribution in [2.75, 3.05) is 31.5 Å². The van der Waals surface area contributed by atoms with Gasteiger partial charge in [-0.15, -0.1) is 0 Å². The standard InChI is InChI=1S/C31H36F4N4O3/c1-3-26(38-17-15-37(16-18-38)21-22-5-7-23(32)8-6-22)20-27(4-2)42-28-12-9-24(10-13-28)36-25-11-14-30(39(40)41)29(19-25)31(33,34)35/h3-8,11,14,19-20,24,28,36H,1,9-10,12-13,15-18,21H2,2H3/b26-20+,27-4+. The van der Waals surface area contributed by atoms with E-state index in [1.165, 1.54) is 18.2 Å². The van der Waals surface area contributed by atoms with Crippen molar-refractivity contribution in [2.24, 2.45) is 0 Å². The van der Waals surface area contributed by atoms with Crippen LogP contribution >= 0.6 is 0 Å². The number of ether oxygens (including phenoxy) is 1. The molecule has 2 aromatic rings. The van der Waals surface area contributed by atoms with E-state index in [0.717, 1.165) is 61.9 Å². The minimum absolute atomic E-state index is 0.0354. The third-order valence-corrected chi connectivity index (χ3v) is 7.69. The molecule has 0 radical (unpaired) electrons. The van der Waals surface area contributed by atoms with Gasteiger partial charge in [0.05, 0.1) is 11.0 Å². The van der Waals surface area contributed by atoms with Gasteiger partial charge in [-0.2, -0.15) is 13.2 Å². The summed E-state index contributed by atoms with van der Waals surface area (Å²) in [5, 5.41) is 14.1. The Morgan fingerprint density at radius 3 is 2.33 bits per heavy atom. The Morgan fingerprint density at radius 1 is 1.10 bits per heavy atom. The zero-order valence-electron chi connectivity index (χ0n) is 23.6. The first kappa shape index (κ1) is 31.1. The average Bonchev–Trinajstić information content (AvgIpc) is 2.97. The Hall–Kier alpha value is -3.86. The highest BCUT2D eigenvalue weighted by Gasteiger charge is 2.38. The van der Waals surface area contributed by atoms with E-state index in [0.29, 0.717) is 25.7 Å². The number of nitro groups is 1. The van der Waals surface area contributed by atoms with Gasteiger partial charge < -0.3 is 15.0 Å². The van der Waals surface area contributed by atoms with Gasteiger partial charge in [-0.25, -0.2) is 4.39 Å². The molecule has 1 heterocycles. The molecule has 1 N–H and O–H groups in total. The predicted octanol–water partition coefficient (Wildman–Crippen LogP) is 7.28. The van der Waals surface area contributed by atoms with Gasteiger partial charge >= 0.3 is 6.18 Å². The van der Waals surface area contributed by atoms with Crippen LogP contribution in [-0.4, -0.2) is 53.0 Å². The molecule has 1 saturated carbocycles. The third-order valence-electron chi connectivity index (χ3n) is 7.69. The molecule has 1 aliphatic carbocycles. The van der Waals surface area contributed by atoms with Gasteiger partial charge in [0.15, 0.2) is 0 Å². The van der Waals surface area contributed by atoms with Crippen molar-refractivity contribution in [3.8, 4) is 0 Å². The van der Waals surface area contributed by atoms with Crippen molar-refractivity contribution >= 4 is 11.4 Å².